The van der Waals surface area contributed by atoms with Gasteiger partial charge >= 0.3 is 0 Å². The molecule has 0 saturated heterocycles. The van der Waals surface area contributed by atoms with Crippen LogP contribution in [0.25, 0.3) is 0 Å². The van der Waals surface area contributed by atoms with Crippen molar-refractivity contribution >= 4 is 17.7 Å². The minimum atomic E-state index is -0.312. The molecule has 3 N–H and O–H groups in total. The summed E-state index contributed by atoms with van der Waals surface area (Å²) in [5.74, 6) is -0.607. The fourth-order valence-electron chi connectivity index (χ4n) is 3.09. The molecule has 0 heterocycles. The zero-order valence-corrected chi connectivity index (χ0v) is 24.9. The van der Waals surface area contributed by atoms with E-state index in [1.807, 2.05) is 13.8 Å². The number of ether oxygens (including phenoxy) is 6. The van der Waals surface area contributed by atoms with Crippen LogP contribution in [0.1, 0.15) is 33.1 Å². The number of amides is 3. The second-order valence-electron chi connectivity index (χ2n) is 9.09. The molecule has 3 amide bonds. The summed E-state index contributed by atoms with van der Waals surface area (Å²) in [7, 11) is 0. The largest absolute Gasteiger partial charge is 0.379 e. The summed E-state index contributed by atoms with van der Waals surface area (Å²) < 4.78 is 34.6. The Morgan fingerprint density at radius 2 is 0.976 bits per heavy atom. The third-order valence-electron chi connectivity index (χ3n) is 5.26. The average Bonchev–Trinajstić information content (AvgIpc) is 2.97. The Morgan fingerprint density at radius 1 is 0.561 bits per heavy atom. The summed E-state index contributed by atoms with van der Waals surface area (Å²) in [5, 5.41) is 8.10. The van der Waals surface area contributed by atoms with Crippen molar-refractivity contribution < 1.29 is 42.8 Å². The van der Waals surface area contributed by atoms with Gasteiger partial charge in [-0.1, -0.05) is 19.7 Å². The van der Waals surface area contributed by atoms with Crippen LogP contribution in [0.15, 0.2) is 38.0 Å². The molecule has 0 spiro atoms. The molecule has 236 valence electrons. The van der Waals surface area contributed by atoms with E-state index < -0.39 is 0 Å². The van der Waals surface area contributed by atoms with E-state index >= 15 is 0 Å². The molecule has 0 aromatic carbocycles. The van der Waals surface area contributed by atoms with Gasteiger partial charge < -0.3 is 44.4 Å². The maximum atomic E-state index is 11.2. The van der Waals surface area contributed by atoms with Crippen LogP contribution < -0.4 is 16.0 Å². The van der Waals surface area contributed by atoms with Gasteiger partial charge in [0.05, 0.1) is 51.8 Å². The van der Waals surface area contributed by atoms with Gasteiger partial charge in [0.25, 0.3) is 0 Å². The average molecular weight is 586 g/mol. The smallest absolute Gasteiger partial charge is 0.243 e. The van der Waals surface area contributed by atoms with Crippen LogP contribution >= 0.6 is 0 Å². The molecule has 12 nitrogen and oxygen atoms in total. The molecule has 0 aromatic rings. The minimum Gasteiger partial charge on any atom is -0.379 e. The topological polar surface area (TPSA) is 143 Å². The fraction of sp³-hybridized carbons (Fsp3) is 0.690. The Labute approximate surface area is 245 Å². The van der Waals surface area contributed by atoms with E-state index in [-0.39, 0.29) is 36.0 Å². The fourth-order valence-corrected chi connectivity index (χ4v) is 3.09. The number of nitrogens with one attached hydrogen (secondary N) is 3. The first-order chi connectivity index (χ1) is 19.8. The maximum absolute atomic E-state index is 11.2. The van der Waals surface area contributed by atoms with Crippen molar-refractivity contribution in [1.29, 1.82) is 0 Å². The predicted octanol–water partition coefficient (Wildman–Crippen LogP) is 1.31. The van der Waals surface area contributed by atoms with E-state index in [2.05, 4.69) is 35.7 Å². The third-order valence-corrected chi connectivity index (χ3v) is 5.26. The number of hydrogen-bond donors (Lipinski definition) is 3. The molecule has 0 aliphatic heterocycles. The summed E-state index contributed by atoms with van der Waals surface area (Å²) in [6.07, 6.45) is 5.21. The summed E-state index contributed by atoms with van der Waals surface area (Å²) in [5.41, 5.74) is 0. The van der Waals surface area contributed by atoms with Crippen molar-refractivity contribution in [3.63, 3.8) is 0 Å². The third kappa shape index (κ3) is 26.1. The van der Waals surface area contributed by atoms with Crippen LogP contribution in [0.4, 0.5) is 0 Å². The number of hydrogen-bond acceptors (Lipinski definition) is 9. The Kier molecular flexibility index (Phi) is 25.8. The van der Waals surface area contributed by atoms with Gasteiger partial charge in [0.15, 0.2) is 0 Å². The molecule has 0 aliphatic rings. The lowest BCUT2D eigenvalue weighted by Crippen LogP contribution is -2.31. The lowest BCUT2D eigenvalue weighted by Gasteiger charge is -2.21. The lowest BCUT2D eigenvalue weighted by atomic mass is 10.3. The maximum Gasteiger partial charge on any atom is 0.243 e. The Balaban J connectivity index is 4.28. The monoisotopic (exact) mass is 585 g/mol. The van der Waals surface area contributed by atoms with Gasteiger partial charge in [0.2, 0.25) is 17.7 Å². The summed E-state index contributed by atoms with van der Waals surface area (Å²) >= 11 is 0. The van der Waals surface area contributed by atoms with Crippen molar-refractivity contribution in [2.75, 3.05) is 79.1 Å². The highest BCUT2D eigenvalue weighted by Crippen LogP contribution is 2.02. The van der Waals surface area contributed by atoms with Gasteiger partial charge in [-0.05, 0) is 51.3 Å². The van der Waals surface area contributed by atoms with Crippen molar-refractivity contribution in [1.82, 2.24) is 16.0 Å². The quantitative estimate of drug-likeness (QED) is 0.0875. The van der Waals surface area contributed by atoms with Crippen LogP contribution in [0.2, 0.25) is 0 Å². The molecule has 0 saturated carbocycles. The van der Waals surface area contributed by atoms with Crippen molar-refractivity contribution in [3.05, 3.63) is 38.0 Å². The highest BCUT2D eigenvalue weighted by atomic mass is 16.6. The Hall–Kier alpha value is -2.61. The first-order valence-corrected chi connectivity index (χ1v) is 14.1. The van der Waals surface area contributed by atoms with Crippen LogP contribution in [0, 0.1) is 0 Å². The van der Waals surface area contributed by atoms with Crippen molar-refractivity contribution in [2.24, 2.45) is 0 Å². The minimum absolute atomic E-state index is 0.124. The molecule has 0 radical (unpaired) electrons. The van der Waals surface area contributed by atoms with E-state index in [0.29, 0.717) is 98.4 Å². The molecule has 2 unspecified atom stereocenters. The molecular weight excluding hydrogens is 534 g/mol. The van der Waals surface area contributed by atoms with Crippen LogP contribution in [0.5, 0.6) is 0 Å². The van der Waals surface area contributed by atoms with E-state index in [1.54, 1.807) is 0 Å². The molecule has 2 atom stereocenters. The lowest BCUT2D eigenvalue weighted by molar-refractivity contribution is -0.117. The normalized spacial score (nSPS) is 13.0. The summed E-state index contributed by atoms with van der Waals surface area (Å²) in [6.45, 7) is 19.3. The standard InChI is InChI=1S/C29H51N3O9/c1-6-27(33)30-12-9-15-36-18-19-41-26(22-37-20-24(4)39-16-10-13-31-28(34)7-2)23-38-21-25(5)40-17-11-14-32-29(35)8-3/h6-8,24-26H,1-3,9-23H2,4-5H3,(H,30,33)(H,31,34)(H,32,35). The molecule has 0 fully saturated rings. The summed E-state index contributed by atoms with van der Waals surface area (Å²) in [4.78, 5) is 33.4. The van der Waals surface area contributed by atoms with Crippen molar-refractivity contribution in [2.45, 2.75) is 51.4 Å². The van der Waals surface area contributed by atoms with Gasteiger partial charge in [0.1, 0.15) is 6.10 Å². The SMILES string of the molecule is C=CC(=O)NCCCOCCOC(COCC(C)OCCCNC(=O)C=C)COCC(C)OCCCNC(=O)C=C. The van der Waals surface area contributed by atoms with E-state index in [1.165, 1.54) is 18.2 Å². The van der Waals surface area contributed by atoms with Gasteiger partial charge in [-0.25, -0.2) is 0 Å². The van der Waals surface area contributed by atoms with E-state index in [4.69, 9.17) is 28.4 Å². The second-order valence-corrected chi connectivity index (χ2v) is 9.09. The first kappa shape index (κ1) is 38.4. The highest BCUT2D eigenvalue weighted by Gasteiger charge is 2.13. The second kappa shape index (κ2) is 27.6. The van der Waals surface area contributed by atoms with Gasteiger partial charge in [0, 0.05) is 39.5 Å². The molecule has 0 aromatic heterocycles. The molecular formula is C29H51N3O9. The highest BCUT2D eigenvalue weighted by molar-refractivity contribution is 5.87. The van der Waals surface area contributed by atoms with Crippen molar-refractivity contribution in [3.8, 4) is 0 Å². The first-order valence-electron chi connectivity index (χ1n) is 14.1. The predicted molar refractivity (Wildman–Crippen MR) is 156 cm³/mol. The van der Waals surface area contributed by atoms with Gasteiger partial charge in [-0.3, -0.25) is 14.4 Å². The summed E-state index contributed by atoms with van der Waals surface area (Å²) in [6, 6.07) is 0. The molecule has 0 aliphatic carbocycles. The zero-order chi connectivity index (χ0) is 30.6. The van der Waals surface area contributed by atoms with Crippen LogP contribution in [0.3, 0.4) is 0 Å². The van der Waals surface area contributed by atoms with E-state index in [0.717, 1.165) is 0 Å². The van der Waals surface area contributed by atoms with Crippen LogP contribution in [-0.2, 0) is 42.8 Å². The number of rotatable bonds is 29. The molecule has 12 heteroatoms. The number of carbonyl (C=O) groups is 3. The van der Waals surface area contributed by atoms with Gasteiger partial charge in [-0.2, -0.15) is 0 Å². The molecule has 0 bridgehead atoms. The molecule has 0 rings (SSSR count). The van der Waals surface area contributed by atoms with Crippen LogP contribution in [-0.4, -0.2) is 115 Å². The van der Waals surface area contributed by atoms with E-state index in [9.17, 15) is 14.4 Å². The number of carbonyl (C=O) groups excluding carboxylic acids is 3. The Morgan fingerprint density at radius 3 is 1.39 bits per heavy atom. The molecule has 41 heavy (non-hydrogen) atoms. The zero-order valence-electron chi connectivity index (χ0n) is 24.9. The van der Waals surface area contributed by atoms with Gasteiger partial charge in [-0.15, -0.1) is 0 Å². The Bertz CT molecular complexity index is 694.